The molecule has 0 radical (unpaired) electrons. The lowest BCUT2D eigenvalue weighted by atomic mass is 10.2. The van der Waals surface area contributed by atoms with Crippen molar-refractivity contribution >= 4 is 43.2 Å². The van der Waals surface area contributed by atoms with E-state index in [0.717, 1.165) is 37.2 Å². The molecule has 0 fully saturated rings. The van der Waals surface area contributed by atoms with Crippen LogP contribution in [0, 0.1) is 5.82 Å². The Labute approximate surface area is 183 Å². The van der Waals surface area contributed by atoms with E-state index < -0.39 is 28.3 Å². The molecular formula is C22H18FN3O3S2. The lowest BCUT2D eigenvalue weighted by Crippen LogP contribution is -2.35. The van der Waals surface area contributed by atoms with Crippen LogP contribution >= 0.6 is 11.3 Å². The van der Waals surface area contributed by atoms with E-state index in [2.05, 4.69) is 10.3 Å². The van der Waals surface area contributed by atoms with E-state index in [1.807, 2.05) is 36.4 Å². The average molecular weight is 456 g/mol. The number of rotatable bonds is 6. The van der Waals surface area contributed by atoms with Gasteiger partial charge in [0.15, 0.2) is 0 Å². The van der Waals surface area contributed by atoms with Gasteiger partial charge in [-0.1, -0.05) is 24.3 Å². The van der Waals surface area contributed by atoms with Gasteiger partial charge in [-0.3, -0.25) is 4.79 Å². The highest BCUT2D eigenvalue weighted by Crippen LogP contribution is 2.34. The van der Waals surface area contributed by atoms with Gasteiger partial charge in [-0.25, -0.2) is 17.8 Å². The zero-order valence-electron chi connectivity index (χ0n) is 16.4. The van der Waals surface area contributed by atoms with Gasteiger partial charge < -0.3 is 5.32 Å². The fourth-order valence-corrected chi connectivity index (χ4v) is 5.16. The van der Waals surface area contributed by atoms with Crippen molar-refractivity contribution in [2.75, 3.05) is 18.9 Å². The van der Waals surface area contributed by atoms with Crippen LogP contribution in [0.15, 0.2) is 77.7 Å². The highest BCUT2D eigenvalue weighted by Gasteiger charge is 2.23. The minimum atomic E-state index is -3.93. The average Bonchev–Trinajstić information content (AvgIpc) is 3.18. The molecule has 0 aliphatic carbocycles. The van der Waals surface area contributed by atoms with Gasteiger partial charge in [0.1, 0.15) is 10.8 Å². The second kappa shape index (κ2) is 8.54. The van der Waals surface area contributed by atoms with Crippen LogP contribution in [0.25, 0.3) is 20.8 Å². The maximum Gasteiger partial charge on any atom is 0.243 e. The first kappa shape index (κ1) is 21.1. The monoisotopic (exact) mass is 455 g/mol. The summed E-state index contributed by atoms with van der Waals surface area (Å²) < 4.78 is 40.3. The molecule has 4 aromatic rings. The van der Waals surface area contributed by atoms with Gasteiger partial charge in [0.05, 0.1) is 27.3 Å². The SMILES string of the molecule is CN(CC(=O)Nc1ccccc1-c1nc2ccccc2s1)S(=O)(=O)c1ccc(F)cc1. The van der Waals surface area contributed by atoms with Gasteiger partial charge in [0.25, 0.3) is 0 Å². The molecule has 1 N–H and O–H groups in total. The molecule has 1 heterocycles. The van der Waals surface area contributed by atoms with Crippen LogP contribution in [0.1, 0.15) is 0 Å². The number of hydrogen-bond acceptors (Lipinski definition) is 5. The number of nitrogens with one attached hydrogen (secondary N) is 1. The van der Waals surface area contributed by atoms with Gasteiger partial charge in [-0.2, -0.15) is 4.31 Å². The number of para-hydroxylation sites is 2. The first-order chi connectivity index (χ1) is 14.8. The predicted octanol–water partition coefficient (Wildman–Crippen LogP) is 4.36. The molecule has 0 unspecified atom stereocenters. The van der Waals surface area contributed by atoms with Crippen LogP contribution in [-0.4, -0.2) is 37.2 Å². The summed E-state index contributed by atoms with van der Waals surface area (Å²) in [5.41, 5.74) is 2.16. The molecule has 31 heavy (non-hydrogen) atoms. The number of carbonyl (C=O) groups excluding carboxylic acids is 1. The number of thiazole rings is 1. The number of anilines is 1. The Hall–Kier alpha value is -3.14. The quantitative estimate of drug-likeness (QED) is 0.469. The Morgan fingerprint density at radius 2 is 1.71 bits per heavy atom. The molecule has 0 spiro atoms. The summed E-state index contributed by atoms with van der Waals surface area (Å²) in [5, 5.41) is 3.53. The van der Waals surface area contributed by atoms with Gasteiger partial charge in [0.2, 0.25) is 15.9 Å². The molecule has 0 aliphatic heterocycles. The Morgan fingerprint density at radius 3 is 2.45 bits per heavy atom. The number of benzene rings is 3. The van der Waals surface area contributed by atoms with Gasteiger partial charge in [0, 0.05) is 12.6 Å². The summed E-state index contributed by atoms with van der Waals surface area (Å²) in [5.74, 6) is -1.03. The van der Waals surface area contributed by atoms with Crippen LogP contribution in [0.5, 0.6) is 0 Å². The first-order valence-electron chi connectivity index (χ1n) is 9.31. The summed E-state index contributed by atoms with van der Waals surface area (Å²) in [6.07, 6.45) is 0. The number of hydrogen-bond donors (Lipinski definition) is 1. The zero-order valence-corrected chi connectivity index (χ0v) is 18.1. The number of likely N-dealkylation sites (N-methyl/N-ethyl adjacent to an activating group) is 1. The predicted molar refractivity (Wildman–Crippen MR) is 120 cm³/mol. The highest BCUT2D eigenvalue weighted by molar-refractivity contribution is 7.89. The second-order valence-electron chi connectivity index (χ2n) is 6.80. The highest BCUT2D eigenvalue weighted by atomic mass is 32.2. The van der Waals surface area contributed by atoms with Crippen LogP contribution < -0.4 is 5.32 Å². The molecule has 0 bridgehead atoms. The third kappa shape index (κ3) is 4.48. The summed E-state index contributed by atoms with van der Waals surface area (Å²) in [6.45, 7) is -0.395. The molecule has 4 rings (SSSR count). The summed E-state index contributed by atoms with van der Waals surface area (Å²) in [6, 6.07) is 19.5. The van der Waals surface area contributed by atoms with Crippen molar-refractivity contribution < 1.29 is 17.6 Å². The molecule has 0 saturated heterocycles. The number of nitrogens with zero attached hydrogens (tertiary/aromatic N) is 2. The number of sulfonamides is 1. The van der Waals surface area contributed by atoms with Gasteiger partial charge in [-0.15, -0.1) is 11.3 Å². The second-order valence-corrected chi connectivity index (χ2v) is 9.87. The van der Waals surface area contributed by atoms with E-state index in [1.165, 1.54) is 30.5 Å². The Balaban J connectivity index is 1.53. The Bertz CT molecular complexity index is 1320. The molecule has 1 amide bonds. The lowest BCUT2D eigenvalue weighted by Gasteiger charge is -2.17. The zero-order chi connectivity index (χ0) is 22.0. The number of aromatic nitrogens is 1. The summed E-state index contributed by atoms with van der Waals surface area (Å²) >= 11 is 1.51. The van der Waals surface area contributed by atoms with E-state index in [4.69, 9.17) is 0 Å². The number of carbonyl (C=O) groups is 1. The Kier molecular flexibility index (Phi) is 5.81. The topological polar surface area (TPSA) is 79.4 Å². The molecule has 9 heteroatoms. The number of amides is 1. The van der Waals surface area contributed by atoms with E-state index in [-0.39, 0.29) is 4.90 Å². The molecular weight excluding hydrogens is 437 g/mol. The molecule has 158 valence electrons. The van der Waals surface area contributed by atoms with Crippen LogP contribution in [-0.2, 0) is 14.8 Å². The minimum Gasteiger partial charge on any atom is -0.324 e. The van der Waals surface area contributed by atoms with Crippen molar-refractivity contribution in [2.24, 2.45) is 0 Å². The van der Waals surface area contributed by atoms with E-state index >= 15 is 0 Å². The number of halogens is 1. The van der Waals surface area contributed by atoms with Crippen molar-refractivity contribution in [1.29, 1.82) is 0 Å². The van der Waals surface area contributed by atoms with Gasteiger partial charge in [-0.05, 0) is 48.5 Å². The van der Waals surface area contributed by atoms with Crippen molar-refractivity contribution in [3.8, 4) is 10.6 Å². The molecule has 3 aromatic carbocycles. The van der Waals surface area contributed by atoms with Crippen LogP contribution in [0.3, 0.4) is 0 Å². The standard InChI is InChI=1S/C22H18FN3O3S2/c1-26(31(28,29)16-12-10-15(23)11-13-16)14-21(27)24-18-7-3-2-6-17(18)22-25-19-8-4-5-9-20(19)30-22/h2-13H,14H2,1H3,(H,24,27). The minimum absolute atomic E-state index is 0.0842. The van der Waals surface area contributed by atoms with Crippen molar-refractivity contribution in [1.82, 2.24) is 9.29 Å². The van der Waals surface area contributed by atoms with Crippen LogP contribution in [0.2, 0.25) is 0 Å². The molecule has 0 aliphatic rings. The van der Waals surface area contributed by atoms with E-state index in [1.54, 1.807) is 12.1 Å². The first-order valence-corrected chi connectivity index (χ1v) is 11.6. The number of fused-ring (bicyclic) bond motifs is 1. The molecule has 0 saturated carbocycles. The normalized spacial score (nSPS) is 11.7. The van der Waals surface area contributed by atoms with Crippen LogP contribution in [0.4, 0.5) is 10.1 Å². The lowest BCUT2D eigenvalue weighted by molar-refractivity contribution is -0.116. The molecule has 0 atom stereocenters. The van der Waals surface area contributed by atoms with E-state index in [0.29, 0.717) is 5.69 Å². The van der Waals surface area contributed by atoms with E-state index in [9.17, 15) is 17.6 Å². The maximum absolute atomic E-state index is 13.1. The van der Waals surface area contributed by atoms with Gasteiger partial charge >= 0.3 is 0 Å². The third-order valence-electron chi connectivity index (χ3n) is 4.61. The largest absolute Gasteiger partial charge is 0.324 e. The fourth-order valence-electron chi connectivity index (χ4n) is 3.03. The molecule has 6 nitrogen and oxygen atoms in total. The van der Waals surface area contributed by atoms with Crippen molar-refractivity contribution in [3.63, 3.8) is 0 Å². The Morgan fingerprint density at radius 1 is 1.03 bits per heavy atom. The molecule has 1 aromatic heterocycles. The maximum atomic E-state index is 13.1. The fraction of sp³-hybridized carbons (Fsp3) is 0.0909. The third-order valence-corrected chi connectivity index (χ3v) is 7.50. The van der Waals surface area contributed by atoms with Crippen molar-refractivity contribution in [3.05, 3.63) is 78.6 Å². The summed E-state index contributed by atoms with van der Waals surface area (Å²) in [7, 11) is -2.62. The summed E-state index contributed by atoms with van der Waals surface area (Å²) in [4.78, 5) is 17.2. The smallest absolute Gasteiger partial charge is 0.243 e. The van der Waals surface area contributed by atoms with Crippen molar-refractivity contribution in [2.45, 2.75) is 4.90 Å².